The summed E-state index contributed by atoms with van der Waals surface area (Å²) < 4.78 is 33.3. The van der Waals surface area contributed by atoms with E-state index in [2.05, 4.69) is 36.6 Å². The molecular formula is C12H11Br2NO3S. The molecule has 0 unspecified atom stereocenters. The smallest absolute Gasteiger partial charge is 0.242 e. The number of halogens is 2. The molecule has 0 aliphatic carbocycles. The number of hydrogen-bond acceptors (Lipinski definition) is 3. The molecule has 0 saturated heterocycles. The van der Waals surface area contributed by atoms with Crippen molar-refractivity contribution in [2.24, 2.45) is 0 Å². The van der Waals surface area contributed by atoms with Crippen LogP contribution in [-0.4, -0.2) is 8.42 Å². The summed E-state index contributed by atoms with van der Waals surface area (Å²) in [5.74, 6) is 0.561. The van der Waals surface area contributed by atoms with Crippen molar-refractivity contribution in [2.75, 3.05) is 0 Å². The van der Waals surface area contributed by atoms with Crippen LogP contribution in [-0.2, 0) is 16.6 Å². The van der Waals surface area contributed by atoms with Gasteiger partial charge in [0.15, 0.2) is 0 Å². The third kappa shape index (κ3) is 3.47. The molecule has 0 spiro atoms. The van der Waals surface area contributed by atoms with Gasteiger partial charge in [-0.2, -0.15) is 0 Å². The number of furan rings is 1. The van der Waals surface area contributed by atoms with Crippen molar-refractivity contribution < 1.29 is 12.8 Å². The number of rotatable bonds is 4. The van der Waals surface area contributed by atoms with E-state index in [1.165, 1.54) is 6.26 Å². The molecule has 0 radical (unpaired) electrons. The van der Waals surface area contributed by atoms with E-state index in [0.717, 1.165) is 10.0 Å². The molecule has 0 bridgehead atoms. The van der Waals surface area contributed by atoms with Crippen LogP contribution in [0.15, 0.2) is 48.8 Å². The predicted molar refractivity (Wildman–Crippen MR) is 79.3 cm³/mol. The minimum absolute atomic E-state index is 0.118. The summed E-state index contributed by atoms with van der Waals surface area (Å²) in [4.78, 5) is 0.191. The number of sulfonamides is 1. The van der Waals surface area contributed by atoms with Crippen LogP contribution >= 0.6 is 31.9 Å². The second-order valence-corrected chi connectivity index (χ2v) is 7.38. The van der Waals surface area contributed by atoms with Crippen molar-refractivity contribution in [2.45, 2.75) is 18.4 Å². The third-order valence-corrected chi connectivity index (χ3v) is 5.73. The molecule has 1 aromatic heterocycles. The van der Waals surface area contributed by atoms with Gasteiger partial charge in [0.05, 0.1) is 17.7 Å². The molecule has 1 aromatic carbocycles. The zero-order valence-electron chi connectivity index (χ0n) is 9.98. The number of hydrogen-bond donors (Lipinski definition) is 1. The van der Waals surface area contributed by atoms with Gasteiger partial charge in [0.25, 0.3) is 0 Å². The number of benzene rings is 1. The highest BCUT2D eigenvalue weighted by Crippen LogP contribution is 2.28. The van der Waals surface area contributed by atoms with E-state index in [-0.39, 0.29) is 11.4 Å². The van der Waals surface area contributed by atoms with E-state index >= 15 is 0 Å². The van der Waals surface area contributed by atoms with Gasteiger partial charge in [-0.15, -0.1) is 0 Å². The van der Waals surface area contributed by atoms with E-state index in [9.17, 15) is 8.42 Å². The Bertz CT molecular complexity index is 681. The Morgan fingerprint density at radius 1 is 1.26 bits per heavy atom. The van der Waals surface area contributed by atoms with Gasteiger partial charge in [-0.3, -0.25) is 0 Å². The van der Waals surface area contributed by atoms with Gasteiger partial charge in [-0.25, -0.2) is 13.1 Å². The van der Waals surface area contributed by atoms with Crippen molar-refractivity contribution in [3.8, 4) is 0 Å². The highest BCUT2D eigenvalue weighted by atomic mass is 79.9. The van der Waals surface area contributed by atoms with E-state index in [0.29, 0.717) is 10.2 Å². The first-order valence-electron chi connectivity index (χ1n) is 5.38. The summed E-state index contributed by atoms with van der Waals surface area (Å²) in [5, 5.41) is 0. The average molecular weight is 409 g/mol. The molecule has 2 aromatic rings. The van der Waals surface area contributed by atoms with E-state index in [4.69, 9.17) is 4.42 Å². The highest BCUT2D eigenvalue weighted by molar-refractivity contribution is 9.11. The Balaban J connectivity index is 2.27. The van der Waals surface area contributed by atoms with Crippen LogP contribution in [0.2, 0.25) is 0 Å². The van der Waals surface area contributed by atoms with Crippen LogP contribution < -0.4 is 4.72 Å². The lowest BCUT2D eigenvalue weighted by atomic mass is 10.2. The average Bonchev–Trinajstić information content (AvgIpc) is 2.84. The molecule has 0 aliphatic heterocycles. The van der Waals surface area contributed by atoms with Crippen molar-refractivity contribution in [1.29, 1.82) is 0 Å². The van der Waals surface area contributed by atoms with Gasteiger partial charge in [-0.05, 0) is 52.7 Å². The summed E-state index contributed by atoms with van der Waals surface area (Å²) in [6, 6.07) is 6.75. The maximum atomic E-state index is 12.2. The molecule has 0 aliphatic rings. The summed E-state index contributed by atoms with van der Waals surface area (Å²) >= 11 is 6.60. The Morgan fingerprint density at radius 3 is 2.63 bits per heavy atom. The molecular weight excluding hydrogens is 398 g/mol. The predicted octanol–water partition coefficient (Wildman–Crippen LogP) is 3.59. The SMILES string of the molecule is Cc1cc(Br)c(S(=O)(=O)NCc2ccco2)cc1Br. The molecule has 19 heavy (non-hydrogen) atoms. The molecule has 0 fully saturated rings. The largest absolute Gasteiger partial charge is 0.468 e. The second kappa shape index (κ2) is 5.78. The first kappa shape index (κ1) is 14.8. The molecule has 7 heteroatoms. The Morgan fingerprint density at radius 2 is 2.00 bits per heavy atom. The third-order valence-electron chi connectivity index (χ3n) is 2.52. The molecule has 102 valence electrons. The highest BCUT2D eigenvalue weighted by Gasteiger charge is 2.19. The monoisotopic (exact) mass is 407 g/mol. The standard InChI is InChI=1S/C12H11Br2NO3S/c1-8-5-11(14)12(6-10(8)13)19(16,17)15-7-9-3-2-4-18-9/h2-6,15H,7H2,1H3. The van der Waals surface area contributed by atoms with Gasteiger partial charge in [0.2, 0.25) is 10.0 Å². The fourth-order valence-corrected chi connectivity index (χ4v) is 4.16. The van der Waals surface area contributed by atoms with Crippen LogP contribution in [0.25, 0.3) is 0 Å². The van der Waals surface area contributed by atoms with Gasteiger partial charge in [-0.1, -0.05) is 15.9 Å². The Kier molecular flexibility index (Phi) is 4.50. The summed E-state index contributed by atoms with van der Waals surface area (Å²) in [5.41, 5.74) is 0.955. The summed E-state index contributed by atoms with van der Waals surface area (Å²) in [6.45, 7) is 2.01. The minimum Gasteiger partial charge on any atom is -0.468 e. The summed E-state index contributed by atoms with van der Waals surface area (Å²) in [6.07, 6.45) is 1.50. The lowest BCUT2D eigenvalue weighted by molar-refractivity contribution is 0.498. The quantitative estimate of drug-likeness (QED) is 0.840. The lowest BCUT2D eigenvalue weighted by Gasteiger charge is -2.09. The Hall–Kier alpha value is -0.630. The molecule has 2 rings (SSSR count). The molecule has 4 nitrogen and oxygen atoms in total. The molecule has 0 atom stereocenters. The maximum absolute atomic E-state index is 12.2. The van der Waals surface area contributed by atoms with Crippen LogP contribution in [0.3, 0.4) is 0 Å². The van der Waals surface area contributed by atoms with Crippen molar-refractivity contribution in [3.05, 3.63) is 50.8 Å². The molecule has 0 saturated carbocycles. The van der Waals surface area contributed by atoms with E-state index in [1.807, 2.05) is 6.92 Å². The van der Waals surface area contributed by atoms with Crippen LogP contribution in [0.1, 0.15) is 11.3 Å². The zero-order valence-corrected chi connectivity index (χ0v) is 14.0. The van der Waals surface area contributed by atoms with Gasteiger partial charge < -0.3 is 4.42 Å². The van der Waals surface area contributed by atoms with E-state index < -0.39 is 10.0 Å². The molecule has 1 N–H and O–H groups in total. The van der Waals surface area contributed by atoms with Crippen molar-refractivity contribution >= 4 is 41.9 Å². The van der Waals surface area contributed by atoms with Gasteiger partial charge >= 0.3 is 0 Å². The number of nitrogens with one attached hydrogen (secondary N) is 1. The van der Waals surface area contributed by atoms with Crippen molar-refractivity contribution in [3.63, 3.8) is 0 Å². The lowest BCUT2D eigenvalue weighted by Crippen LogP contribution is -2.23. The van der Waals surface area contributed by atoms with Crippen LogP contribution in [0.4, 0.5) is 0 Å². The Labute approximate surface area is 128 Å². The van der Waals surface area contributed by atoms with Crippen LogP contribution in [0, 0.1) is 6.92 Å². The fourth-order valence-electron chi connectivity index (χ4n) is 1.49. The summed E-state index contributed by atoms with van der Waals surface area (Å²) in [7, 11) is -3.59. The molecule has 1 heterocycles. The maximum Gasteiger partial charge on any atom is 0.242 e. The second-order valence-electron chi connectivity index (χ2n) is 3.94. The van der Waals surface area contributed by atoms with Crippen molar-refractivity contribution in [1.82, 2.24) is 4.72 Å². The van der Waals surface area contributed by atoms with Gasteiger partial charge in [0, 0.05) is 8.95 Å². The van der Waals surface area contributed by atoms with Gasteiger partial charge in [0.1, 0.15) is 5.76 Å². The topological polar surface area (TPSA) is 59.3 Å². The first-order valence-corrected chi connectivity index (χ1v) is 8.45. The fraction of sp³-hybridized carbons (Fsp3) is 0.167. The first-order chi connectivity index (χ1) is 8.90. The normalized spacial score (nSPS) is 11.7. The zero-order chi connectivity index (χ0) is 14.0. The van der Waals surface area contributed by atoms with Crippen LogP contribution in [0.5, 0.6) is 0 Å². The minimum atomic E-state index is -3.59. The number of aryl methyl sites for hydroxylation is 1. The molecule has 0 amide bonds. The van der Waals surface area contributed by atoms with E-state index in [1.54, 1.807) is 24.3 Å².